The maximum Gasteiger partial charge on any atom is 0.220 e. The Morgan fingerprint density at radius 3 is 1.51 bits per heavy atom. The van der Waals surface area contributed by atoms with Crippen LogP contribution in [0.25, 0.3) is 0 Å². The molecule has 10 heteroatoms. The van der Waals surface area contributed by atoms with Gasteiger partial charge in [0.05, 0.1) is 25.4 Å². The molecule has 292 valence electrons. The van der Waals surface area contributed by atoms with Gasteiger partial charge < -0.3 is 45.4 Å². The van der Waals surface area contributed by atoms with E-state index >= 15 is 0 Å². The summed E-state index contributed by atoms with van der Waals surface area (Å²) < 4.78 is 11.1. The molecule has 0 radical (unpaired) electrons. The predicted octanol–water partition coefficient (Wildman–Crippen LogP) is 6.19. The van der Waals surface area contributed by atoms with E-state index in [-0.39, 0.29) is 18.9 Å². The zero-order chi connectivity index (χ0) is 36.1. The number of aliphatic hydroxyl groups is 6. The first-order valence-electron chi connectivity index (χ1n) is 20.3. The molecule has 0 aromatic rings. The Morgan fingerprint density at radius 2 is 1.06 bits per heavy atom. The monoisotopic (exact) mass is 704 g/mol. The molecule has 0 saturated carbocycles. The molecule has 49 heavy (non-hydrogen) atoms. The number of rotatable bonds is 33. The lowest BCUT2D eigenvalue weighted by Crippen LogP contribution is -2.60. The fraction of sp³-hybridized carbons (Fsp3) is 0.974. The molecule has 10 nitrogen and oxygen atoms in total. The van der Waals surface area contributed by atoms with Crippen molar-refractivity contribution in [3.8, 4) is 0 Å². The highest BCUT2D eigenvalue weighted by Gasteiger charge is 2.44. The Bertz CT molecular complexity index is 758. The van der Waals surface area contributed by atoms with E-state index in [4.69, 9.17) is 9.47 Å². The quantitative estimate of drug-likeness (QED) is 0.0394. The van der Waals surface area contributed by atoms with Gasteiger partial charge in [0.2, 0.25) is 5.91 Å². The van der Waals surface area contributed by atoms with Crippen LogP contribution in [0.4, 0.5) is 0 Å². The first-order valence-corrected chi connectivity index (χ1v) is 20.3. The lowest BCUT2D eigenvalue weighted by atomic mass is 9.98. The minimum absolute atomic E-state index is 0.258. The Kier molecular flexibility index (Phi) is 29.0. The zero-order valence-electron chi connectivity index (χ0n) is 31.3. The Balaban J connectivity index is 2.47. The summed E-state index contributed by atoms with van der Waals surface area (Å²) in [6, 6.07) is -0.982. The molecule has 2 unspecified atom stereocenters. The van der Waals surface area contributed by atoms with Crippen LogP contribution in [0.15, 0.2) is 0 Å². The van der Waals surface area contributed by atoms with Gasteiger partial charge in [-0.1, -0.05) is 162 Å². The first-order chi connectivity index (χ1) is 23.8. The van der Waals surface area contributed by atoms with E-state index in [0.717, 1.165) is 51.4 Å². The van der Waals surface area contributed by atoms with Crippen LogP contribution < -0.4 is 5.32 Å². The highest BCUT2D eigenvalue weighted by Crippen LogP contribution is 2.23. The van der Waals surface area contributed by atoms with E-state index in [9.17, 15) is 35.4 Å². The van der Waals surface area contributed by atoms with E-state index in [0.29, 0.717) is 6.42 Å². The summed E-state index contributed by atoms with van der Waals surface area (Å²) >= 11 is 0. The number of carbonyl (C=O) groups is 1. The number of ether oxygens (including phenoxy) is 2. The minimum Gasteiger partial charge on any atom is -0.394 e. The maximum atomic E-state index is 12.9. The zero-order valence-corrected chi connectivity index (χ0v) is 31.3. The third kappa shape index (κ3) is 22.0. The van der Waals surface area contributed by atoms with Crippen molar-refractivity contribution in [2.45, 2.75) is 230 Å². The van der Waals surface area contributed by atoms with Crippen LogP contribution in [-0.4, -0.2) is 98.7 Å². The SMILES string of the molecule is CCCCCCCCCCCCCCCC(=O)N[C@@H](CO[C@@H]1O[C@H](CO)[C@H](O)C(O)C1O)[C@H](O)[C@H](O)CCCCCCCCCCCCC. The lowest BCUT2D eigenvalue weighted by molar-refractivity contribution is -0.303. The molecule has 1 heterocycles. The molecule has 1 rings (SSSR count). The second-order valence-electron chi connectivity index (χ2n) is 14.6. The molecule has 0 bridgehead atoms. The molecule has 8 atom stereocenters. The van der Waals surface area contributed by atoms with Crippen LogP contribution in [0.1, 0.15) is 181 Å². The molecule has 1 aliphatic heterocycles. The Morgan fingerprint density at radius 1 is 0.633 bits per heavy atom. The minimum atomic E-state index is -1.60. The second kappa shape index (κ2) is 30.7. The molecule has 1 aliphatic rings. The third-order valence-corrected chi connectivity index (χ3v) is 10.1. The molecule has 1 amide bonds. The van der Waals surface area contributed by atoms with Gasteiger partial charge in [0.15, 0.2) is 6.29 Å². The van der Waals surface area contributed by atoms with E-state index in [1.807, 2.05) is 0 Å². The summed E-state index contributed by atoms with van der Waals surface area (Å²) in [7, 11) is 0. The lowest BCUT2D eigenvalue weighted by Gasteiger charge is -2.40. The molecule has 0 aliphatic carbocycles. The van der Waals surface area contributed by atoms with Crippen molar-refractivity contribution in [3.05, 3.63) is 0 Å². The van der Waals surface area contributed by atoms with E-state index in [2.05, 4.69) is 19.2 Å². The van der Waals surface area contributed by atoms with Crippen LogP contribution in [0.3, 0.4) is 0 Å². The first kappa shape index (κ1) is 46.2. The van der Waals surface area contributed by atoms with Gasteiger partial charge >= 0.3 is 0 Å². The van der Waals surface area contributed by atoms with Gasteiger partial charge in [0, 0.05) is 6.42 Å². The highest BCUT2D eigenvalue weighted by molar-refractivity contribution is 5.76. The number of aliphatic hydroxyl groups excluding tert-OH is 6. The number of carbonyl (C=O) groups excluding carboxylic acids is 1. The van der Waals surface area contributed by atoms with Gasteiger partial charge in [0.25, 0.3) is 0 Å². The summed E-state index contributed by atoms with van der Waals surface area (Å²) in [5.74, 6) is -0.258. The van der Waals surface area contributed by atoms with Crippen LogP contribution in [0, 0.1) is 0 Å². The number of hydrogen-bond donors (Lipinski definition) is 7. The van der Waals surface area contributed by atoms with Gasteiger partial charge in [-0.05, 0) is 12.8 Å². The van der Waals surface area contributed by atoms with Crippen molar-refractivity contribution in [2.75, 3.05) is 13.2 Å². The van der Waals surface area contributed by atoms with E-state index in [1.54, 1.807) is 0 Å². The standard InChI is InChI=1S/C39H77NO9/c1-3-5-7-9-11-13-15-16-18-20-22-24-26-28-34(43)40-31(30-48-39-38(47)37(46)36(45)33(29-41)49-39)35(44)32(42)27-25-23-21-19-17-14-12-10-8-6-4-2/h31-33,35-39,41-42,44-47H,3-30H2,1-2H3,(H,40,43)/t31-,32+,33+,35-,36-,37?,38?,39+/m0/s1. The molecular weight excluding hydrogens is 626 g/mol. The molecule has 0 aromatic heterocycles. The number of amides is 1. The largest absolute Gasteiger partial charge is 0.394 e. The van der Waals surface area contributed by atoms with Crippen molar-refractivity contribution in [3.63, 3.8) is 0 Å². The van der Waals surface area contributed by atoms with Crippen LogP contribution in [0.2, 0.25) is 0 Å². The smallest absolute Gasteiger partial charge is 0.220 e. The average molecular weight is 704 g/mol. The Labute approximate surface area is 298 Å². The summed E-state index contributed by atoms with van der Waals surface area (Å²) in [6.45, 7) is 3.58. The van der Waals surface area contributed by atoms with Crippen molar-refractivity contribution in [1.29, 1.82) is 0 Å². The highest BCUT2D eigenvalue weighted by atomic mass is 16.7. The molecule has 0 aromatic carbocycles. The maximum absolute atomic E-state index is 12.9. The van der Waals surface area contributed by atoms with Crippen molar-refractivity contribution in [1.82, 2.24) is 5.32 Å². The fourth-order valence-corrected chi connectivity index (χ4v) is 6.67. The van der Waals surface area contributed by atoms with Gasteiger partial charge in [-0.25, -0.2) is 0 Å². The van der Waals surface area contributed by atoms with Crippen LogP contribution in [0.5, 0.6) is 0 Å². The van der Waals surface area contributed by atoms with Crippen LogP contribution >= 0.6 is 0 Å². The molecule has 7 N–H and O–H groups in total. The van der Waals surface area contributed by atoms with Gasteiger partial charge in [0.1, 0.15) is 30.5 Å². The van der Waals surface area contributed by atoms with E-state index in [1.165, 1.54) is 103 Å². The third-order valence-electron chi connectivity index (χ3n) is 10.1. The topological polar surface area (TPSA) is 169 Å². The van der Waals surface area contributed by atoms with Gasteiger partial charge in [-0.2, -0.15) is 0 Å². The summed E-state index contributed by atoms with van der Waals surface area (Å²) in [6.07, 6.45) is 19.7. The summed E-state index contributed by atoms with van der Waals surface area (Å²) in [5.41, 5.74) is 0. The number of unbranched alkanes of at least 4 members (excludes halogenated alkanes) is 22. The van der Waals surface area contributed by atoms with Gasteiger partial charge in [-0.15, -0.1) is 0 Å². The predicted molar refractivity (Wildman–Crippen MR) is 195 cm³/mol. The summed E-state index contributed by atoms with van der Waals surface area (Å²) in [4.78, 5) is 12.9. The second-order valence-corrected chi connectivity index (χ2v) is 14.6. The normalized spacial score (nSPS) is 23.0. The van der Waals surface area contributed by atoms with Crippen molar-refractivity contribution < 1.29 is 44.9 Å². The molecular formula is C39H77NO9. The molecule has 1 saturated heterocycles. The van der Waals surface area contributed by atoms with Crippen LogP contribution in [-0.2, 0) is 14.3 Å². The molecule has 0 spiro atoms. The number of nitrogens with one attached hydrogen (secondary N) is 1. The average Bonchev–Trinajstić information content (AvgIpc) is 3.10. The van der Waals surface area contributed by atoms with E-state index < -0.39 is 55.6 Å². The fourth-order valence-electron chi connectivity index (χ4n) is 6.67. The summed E-state index contributed by atoms with van der Waals surface area (Å²) in [5, 5.41) is 64.8. The molecule has 1 fully saturated rings. The number of hydrogen-bond acceptors (Lipinski definition) is 9. The Hall–Kier alpha value is -0.850. The van der Waals surface area contributed by atoms with Crippen molar-refractivity contribution >= 4 is 5.91 Å². The van der Waals surface area contributed by atoms with Gasteiger partial charge in [-0.3, -0.25) is 4.79 Å². The van der Waals surface area contributed by atoms with Crippen molar-refractivity contribution in [2.24, 2.45) is 0 Å².